The number of aliphatic hydroxyl groups excluding tert-OH is 1. The summed E-state index contributed by atoms with van der Waals surface area (Å²) in [7, 11) is 0. The number of aliphatic hydroxyl groups is 1. The van der Waals surface area contributed by atoms with Crippen molar-refractivity contribution >= 4 is 11.9 Å². The molecule has 5 rings (SSSR count). The summed E-state index contributed by atoms with van der Waals surface area (Å²) in [6.45, 7) is 13.7. The van der Waals surface area contributed by atoms with Crippen molar-refractivity contribution in [2.75, 3.05) is 0 Å². The van der Waals surface area contributed by atoms with E-state index in [2.05, 4.69) is 71.9 Å². The quantitative estimate of drug-likeness (QED) is 0.661. The normalized spacial score (nSPS) is 44.4. The Hall–Kier alpha value is -1.41. The molecular formula is C28H38O2. The molecule has 0 radical (unpaired) electrons. The van der Waals surface area contributed by atoms with Gasteiger partial charge >= 0.3 is 0 Å². The Balaban J connectivity index is 1.36. The third kappa shape index (κ3) is 2.32. The smallest absolute Gasteiger partial charge is 0.142 e. The molecule has 4 saturated carbocycles. The lowest BCUT2D eigenvalue weighted by Gasteiger charge is -2.36. The average Bonchev–Trinajstić information content (AvgIpc) is 3.17. The van der Waals surface area contributed by atoms with E-state index < -0.39 is 0 Å². The fraction of sp³-hybridized carbons (Fsp3) is 0.679. The van der Waals surface area contributed by atoms with E-state index >= 15 is 0 Å². The minimum Gasteiger partial charge on any atom is -0.388 e. The molecule has 6 unspecified atom stereocenters. The second kappa shape index (κ2) is 6.09. The van der Waals surface area contributed by atoms with Crippen LogP contribution in [0.4, 0.5) is 0 Å². The minimum absolute atomic E-state index is 0.00545. The first-order valence-corrected chi connectivity index (χ1v) is 12.0. The molecule has 162 valence electrons. The number of carbonyl (C=O) groups excluding carboxylic acids is 1. The van der Waals surface area contributed by atoms with Crippen LogP contribution in [-0.2, 0) is 11.2 Å². The maximum Gasteiger partial charge on any atom is 0.142 e. The van der Waals surface area contributed by atoms with Gasteiger partial charge in [0.2, 0.25) is 0 Å². The molecule has 30 heavy (non-hydrogen) atoms. The van der Waals surface area contributed by atoms with E-state index in [1.54, 1.807) is 0 Å². The number of carbonyl (C=O) groups is 1. The monoisotopic (exact) mass is 406 g/mol. The first-order valence-electron chi connectivity index (χ1n) is 12.0. The molecule has 1 aromatic rings. The molecule has 4 aliphatic carbocycles. The number of ketones is 1. The van der Waals surface area contributed by atoms with E-state index in [9.17, 15) is 9.90 Å². The van der Waals surface area contributed by atoms with Crippen molar-refractivity contribution in [3.8, 4) is 0 Å². The highest BCUT2D eigenvalue weighted by molar-refractivity contribution is 5.91. The molecule has 2 nitrogen and oxygen atoms in total. The van der Waals surface area contributed by atoms with E-state index in [1.165, 1.54) is 29.5 Å². The van der Waals surface area contributed by atoms with E-state index in [1.807, 2.05) is 0 Å². The van der Waals surface area contributed by atoms with Gasteiger partial charge in [0.1, 0.15) is 5.78 Å². The van der Waals surface area contributed by atoms with Crippen LogP contribution in [0, 0.1) is 39.4 Å². The number of fused-ring (bicyclic) bond motifs is 4. The maximum atomic E-state index is 13.2. The van der Waals surface area contributed by atoms with Crippen LogP contribution in [0.25, 0.3) is 6.08 Å². The highest BCUT2D eigenvalue weighted by atomic mass is 16.3. The molecule has 2 heteroatoms. The summed E-state index contributed by atoms with van der Waals surface area (Å²) in [5.74, 6) is 1.67. The maximum absolute atomic E-state index is 13.2. The predicted molar refractivity (Wildman–Crippen MR) is 122 cm³/mol. The summed E-state index contributed by atoms with van der Waals surface area (Å²) in [6.07, 6.45) is 7.33. The molecule has 0 aromatic heterocycles. The number of rotatable bonds is 3. The highest BCUT2D eigenvalue weighted by Crippen LogP contribution is 2.68. The summed E-state index contributed by atoms with van der Waals surface area (Å²) in [4.78, 5) is 13.2. The lowest BCUT2D eigenvalue weighted by molar-refractivity contribution is -0.131. The number of hydrogen-bond donors (Lipinski definition) is 1. The van der Waals surface area contributed by atoms with Crippen molar-refractivity contribution in [3.05, 3.63) is 41.0 Å². The third-order valence-electron chi connectivity index (χ3n) is 11.1. The van der Waals surface area contributed by atoms with Crippen molar-refractivity contribution in [2.45, 2.75) is 79.8 Å². The third-order valence-corrected chi connectivity index (χ3v) is 11.1. The molecule has 0 spiro atoms. The van der Waals surface area contributed by atoms with Gasteiger partial charge in [-0.25, -0.2) is 0 Å². The van der Waals surface area contributed by atoms with Gasteiger partial charge in [0.15, 0.2) is 0 Å². The van der Waals surface area contributed by atoms with Gasteiger partial charge in [0.25, 0.3) is 0 Å². The molecule has 4 bridgehead atoms. The van der Waals surface area contributed by atoms with Crippen LogP contribution >= 0.6 is 0 Å². The standard InChI is InChI=1S/C28H38O2/c1-25(2)21-11-13-27(25,5)23(29)19(21)15-17-7-9-18(10-8-17)16-20-22-12-14-28(6,24(20)30)26(22,3)4/h7-10,15,20-23,29H,11-14,16H2,1-6H3/b19-15+. The molecule has 0 heterocycles. The van der Waals surface area contributed by atoms with Gasteiger partial charge in [0.05, 0.1) is 6.10 Å². The van der Waals surface area contributed by atoms with Crippen molar-refractivity contribution in [3.63, 3.8) is 0 Å². The average molecular weight is 407 g/mol. The first-order chi connectivity index (χ1) is 13.9. The Labute approximate surface area is 182 Å². The van der Waals surface area contributed by atoms with Crippen molar-refractivity contribution in [2.24, 2.45) is 39.4 Å². The Morgan fingerprint density at radius 1 is 0.967 bits per heavy atom. The van der Waals surface area contributed by atoms with Crippen LogP contribution in [-0.4, -0.2) is 17.0 Å². The van der Waals surface area contributed by atoms with Gasteiger partial charge in [-0.05, 0) is 71.5 Å². The summed E-state index contributed by atoms with van der Waals surface area (Å²) < 4.78 is 0. The van der Waals surface area contributed by atoms with E-state index in [-0.39, 0.29) is 33.7 Å². The molecule has 0 amide bonds. The Morgan fingerprint density at radius 2 is 1.63 bits per heavy atom. The molecule has 0 saturated heterocycles. The Bertz CT molecular complexity index is 920. The largest absolute Gasteiger partial charge is 0.388 e. The molecule has 6 atom stereocenters. The van der Waals surface area contributed by atoms with Crippen LogP contribution in [0.2, 0.25) is 0 Å². The zero-order chi connectivity index (χ0) is 21.7. The van der Waals surface area contributed by atoms with E-state index in [0.717, 1.165) is 19.3 Å². The second-order valence-corrected chi connectivity index (χ2v) is 12.4. The molecule has 1 aromatic carbocycles. The Morgan fingerprint density at radius 3 is 2.17 bits per heavy atom. The molecule has 1 N–H and O–H groups in total. The summed E-state index contributed by atoms with van der Waals surface area (Å²) in [6, 6.07) is 8.77. The van der Waals surface area contributed by atoms with Gasteiger partial charge in [-0.3, -0.25) is 4.79 Å². The fourth-order valence-electron chi connectivity index (χ4n) is 8.04. The summed E-state index contributed by atoms with van der Waals surface area (Å²) in [5.41, 5.74) is 3.81. The van der Waals surface area contributed by atoms with Gasteiger partial charge in [-0.15, -0.1) is 0 Å². The van der Waals surface area contributed by atoms with Crippen LogP contribution in [0.15, 0.2) is 29.8 Å². The van der Waals surface area contributed by atoms with Crippen LogP contribution < -0.4 is 0 Å². The summed E-state index contributed by atoms with van der Waals surface area (Å²) in [5, 5.41) is 11.0. The first kappa shape index (κ1) is 20.5. The van der Waals surface area contributed by atoms with E-state index in [4.69, 9.17) is 0 Å². The highest BCUT2D eigenvalue weighted by Gasteiger charge is 2.66. The zero-order valence-electron chi connectivity index (χ0n) is 19.6. The summed E-state index contributed by atoms with van der Waals surface area (Å²) >= 11 is 0. The molecule has 4 fully saturated rings. The topological polar surface area (TPSA) is 37.3 Å². The lowest BCUT2D eigenvalue weighted by atomic mass is 9.70. The number of hydrogen-bond acceptors (Lipinski definition) is 2. The van der Waals surface area contributed by atoms with E-state index in [0.29, 0.717) is 17.6 Å². The number of benzene rings is 1. The SMILES string of the molecule is CC12CCC(C(Cc3ccc(/C=C4\C5CCC(C)(C4O)C5(C)C)cc3)C1=O)C2(C)C. The predicted octanol–water partition coefficient (Wildman–Crippen LogP) is 6.07. The molecular weight excluding hydrogens is 368 g/mol. The van der Waals surface area contributed by atoms with Gasteiger partial charge in [-0.1, -0.05) is 71.9 Å². The molecule has 0 aliphatic heterocycles. The minimum atomic E-state index is -0.333. The lowest BCUT2D eigenvalue weighted by Crippen LogP contribution is -2.35. The van der Waals surface area contributed by atoms with Crippen molar-refractivity contribution in [1.82, 2.24) is 0 Å². The van der Waals surface area contributed by atoms with Gasteiger partial charge < -0.3 is 5.11 Å². The van der Waals surface area contributed by atoms with Crippen molar-refractivity contribution < 1.29 is 9.90 Å². The zero-order valence-corrected chi connectivity index (χ0v) is 19.6. The molecule has 4 aliphatic rings. The Kier molecular flexibility index (Phi) is 4.16. The van der Waals surface area contributed by atoms with Crippen molar-refractivity contribution in [1.29, 1.82) is 0 Å². The van der Waals surface area contributed by atoms with Gasteiger partial charge in [0, 0.05) is 16.7 Å². The second-order valence-electron chi connectivity index (χ2n) is 12.4. The van der Waals surface area contributed by atoms with Crippen LogP contribution in [0.3, 0.4) is 0 Å². The fourth-order valence-corrected chi connectivity index (χ4v) is 8.04. The number of Topliss-reactive ketones (excluding diaryl/α,β-unsaturated/α-hetero) is 1. The van der Waals surface area contributed by atoms with Crippen LogP contribution in [0.5, 0.6) is 0 Å². The van der Waals surface area contributed by atoms with Gasteiger partial charge in [-0.2, -0.15) is 0 Å². The van der Waals surface area contributed by atoms with Crippen LogP contribution in [0.1, 0.15) is 78.4 Å².